The molecule has 12 heavy (non-hydrogen) atoms. The first-order valence-corrected chi connectivity index (χ1v) is 3.41. The molecule has 0 spiro atoms. The number of carboxylic acids is 1. The van der Waals surface area contributed by atoms with Gasteiger partial charge in [0.1, 0.15) is 11.7 Å². The van der Waals surface area contributed by atoms with Crippen LogP contribution in [-0.4, -0.2) is 44.2 Å². The summed E-state index contributed by atoms with van der Waals surface area (Å²) in [6.45, 7) is 1.35. The lowest BCUT2D eigenvalue weighted by Gasteiger charge is -1.96. The van der Waals surface area contributed by atoms with Crippen molar-refractivity contribution in [3.05, 3.63) is 11.6 Å². The van der Waals surface area contributed by atoms with E-state index in [-0.39, 0.29) is 5.57 Å². The molecule has 3 unspecified atom stereocenters. The third-order valence-electron chi connectivity index (χ3n) is 1.92. The van der Waals surface area contributed by atoms with Gasteiger partial charge in [0.25, 0.3) is 0 Å². The van der Waals surface area contributed by atoms with Crippen molar-refractivity contribution in [1.29, 1.82) is 0 Å². The number of hydrogen-bond donors (Lipinski definition) is 4. The maximum absolute atomic E-state index is 10.1. The largest absolute Gasteiger partial charge is 0.479 e. The second-order valence-corrected chi connectivity index (χ2v) is 2.96. The van der Waals surface area contributed by atoms with Crippen molar-refractivity contribution in [3.63, 3.8) is 0 Å². The van der Waals surface area contributed by atoms with Gasteiger partial charge in [0.15, 0.2) is 6.10 Å². The van der Waals surface area contributed by atoms with Crippen molar-refractivity contribution in [2.75, 3.05) is 0 Å². The van der Waals surface area contributed by atoms with Crippen LogP contribution in [-0.2, 0) is 4.79 Å². The number of aliphatic hydroxyl groups is 3. The molecule has 68 valence electrons. The third-order valence-corrected chi connectivity index (χ3v) is 1.92. The van der Waals surface area contributed by atoms with Crippen LogP contribution in [0.4, 0.5) is 0 Å². The predicted molar refractivity (Wildman–Crippen MR) is 38.4 cm³/mol. The van der Waals surface area contributed by atoms with E-state index in [0.717, 1.165) is 6.08 Å². The highest BCUT2D eigenvalue weighted by Crippen LogP contribution is 2.42. The zero-order valence-corrected chi connectivity index (χ0v) is 6.43. The van der Waals surface area contributed by atoms with Crippen LogP contribution in [0.15, 0.2) is 11.6 Å². The molecule has 5 nitrogen and oxygen atoms in total. The summed E-state index contributed by atoms with van der Waals surface area (Å²) in [4.78, 5) is 10.1. The quantitative estimate of drug-likeness (QED) is 0.381. The van der Waals surface area contributed by atoms with E-state index >= 15 is 0 Å². The molecule has 0 aromatic rings. The summed E-state index contributed by atoms with van der Waals surface area (Å²) in [6.07, 6.45) is -1.78. The number of rotatable bonds is 2. The normalized spacial score (nSPS) is 39.7. The molecule has 0 aliphatic heterocycles. The van der Waals surface area contributed by atoms with E-state index in [1.807, 2.05) is 0 Å². The van der Waals surface area contributed by atoms with Crippen molar-refractivity contribution in [3.8, 4) is 0 Å². The van der Waals surface area contributed by atoms with E-state index in [9.17, 15) is 4.79 Å². The Morgan fingerprint density at radius 3 is 2.42 bits per heavy atom. The van der Waals surface area contributed by atoms with Crippen LogP contribution in [0, 0.1) is 0 Å². The first-order chi connectivity index (χ1) is 5.37. The van der Waals surface area contributed by atoms with Crippen LogP contribution in [0.3, 0.4) is 0 Å². The summed E-state index contributed by atoms with van der Waals surface area (Å²) in [7, 11) is 0. The summed E-state index contributed by atoms with van der Waals surface area (Å²) in [5, 5.41) is 35.2. The lowest BCUT2D eigenvalue weighted by Crippen LogP contribution is -2.16. The van der Waals surface area contributed by atoms with Gasteiger partial charge < -0.3 is 20.4 Å². The number of aliphatic carboxylic acids is 1. The van der Waals surface area contributed by atoms with Crippen molar-refractivity contribution in [2.24, 2.45) is 0 Å². The van der Waals surface area contributed by atoms with Gasteiger partial charge in [0, 0.05) is 0 Å². The second kappa shape index (κ2) is 2.55. The van der Waals surface area contributed by atoms with E-state index < -0.39 is 23.8 Å². The molecule has 1 saturated carbocycles. The lowest BCUT2D eigenvalue weighted by atomic mass is 10.3. The maximum Gasteiger partial charge on any atom is 0.336 e. The fourth-order valence-corrected chi connectivity index (χ4v) is 0.936. The van der Waals surface area contributed by atoms with E-state index in [2.05, 4.69) is 0 Å². The van der Waals surface area contributed by atoms with Crippen LogP contribution in [0.5, 0.6) is 0 Å². The minimum atomic E-state index is -1.66. The molecule has 0 heterocycles. The topological polar surface area (TPSA) is 98.0 Å². The molecule has 0 aromatic heterocycles. The third kappa shape index (κ3) is 1.34. The zero-order chi connectivity index (χ0) is 9.52. The first-order valence-electron chi connectivity index (χ1n) is 3.41. The average Bonchev–Trinajstić information content (AvgIpc) is 2.38. The molecule has 1 fully saturated rings. The molecule has 3 atom stereocenters. The van der Waals surface area contributed by atoms with E-state index in [4.69, 9.17) is 20.4 Å². The minimum absolute atomic E-state index is 0.150. The van der Waals surface area contributed by atoms with Crippen molar-refractivity contribution in [1.82, 2.24) is 0 Å². The van der Waals surface area contributed by atoms with Gasteiger partial charge in [-0.3, -0.25) is 0 Å². The smallest absolute Gasteiger partial charge is 0.336 e. The fourth-order valence-electron chi connectivity index (χ4n) is 0.936. The molecule has 1 rings (SSSR count). The highest BCUT2D eigenvalue weighted by Gasteiger charge is 2.54. The summed E-state index contributed by atoms with van der Waals surface area (Å²) < 4.78 is 0. The van der Waals surface area contributed by atoms with Crippen LogP contribution in [0.25, 0.3) is 0 Å². The Balaban J connectivity index is 2.68. The van der Waals surface area contributed by atoms with Crippen LogP contribution >= 0.6 is 0 Å². The van der Waals surface area contributed by atoms with Crippen molar-refractivity contribution in [2.45, 2.75) is 24.7 Å². The molecule has 4 N–H and O–H groups in total. The molecule has 0 radical (unpaired) electrons. The molecule has 5 heteroatoms. The van der Waals surface area contributed by atoms with Gasteiger partial charge in [-0.05, 0) is 18.6 Å². The van der Waals surface area contributed by atoms with Crippen molar-refractivity contribution < 1.29 is 25.2 Å². The highest BCUT2D eigenvalue weighted by molar-refractivity contribution is 5.75. The van der Waals surface area contributed by atoms with Crippen LogP contribution in [0.2, 0.25) is 0 Å². The van der Waals surface area contributed by atoms with Crippen molar-refractivity contribution >= 4 is 5.97 Å². The zero-order valence-electron chi connectivity index (χ0n) is 6.43. The molecular formula is C7H10O5. The van der Waals surface area contributed by atoms with Gasteiger partial charge in [-0.2, -0.15) is 0 Å². The highest BCUT2D eigenvalue weighted by atomic mass is 16.4. The maximum atomic E-state index is 10.1. The Morgan fingerprint density at radius 1 is 1.75 bits per heavy atom. The van der Waals surface area contributed by atoms with E-state index in [1.165, 1.54) is 6.92 Å². The monoisotopic (exact) mass is 174 g/mol. The Hall–Kier alpha value is -0.910. The summed E-state index contributed by atoms with van der Waals surface area (Å²) in [6, 6.07) is 0. The first kappa shape index (κ1) is 9.18. The van der Waals surface area contributed by atoms with E-state index in [0.29, 0.717) is 0 Å². The fraction of sp³-hybridized carbons (Fsp3) is 0.571. The van der Waals surface area contributed by atoms with Gasteiger partial charge in [-0.1, -0.05) is 0 Å². The summed E-state index contributed by atoms with van der Waals surface area (Å²) >= 11 is 0. The van der Waals surface area contributed by atoms with Gasteiger partial charge >= 0.3 is 5.97 Å². The minimum Gasteiger partial charge on any atom is -0.479 e. The Bertz CT molecular complexity index is 242. The predicted octanol–water partition coefficient (Wildman–Crippen LogP) is -1.52. The molecule has 1 aliphatic carbocycles. The SMILES string of the molecule is CC1(O)C(=CC(O)C(=O)O)C1O. The molecule has 0 bridgehead atoms. The van der Waals surface area contributed by atoms with Crippen LogP contribution < -0.4 is 0 Å². The molecule has 0 aromatic carbocycles. The average molecular weight is 174 g/mol. The summed E-state index contributed by atoms with van der Waals surface area (Å²) in [5.74, 6) is -1.41. The number of carbonyl (C=O) groups is 1. The Morgan fingerprint density at radius 2 is 2.17 bits per heavy atom. The second-order valence-electron chi connectivity index (χ2n) is 2.96. The van der Waals surface area contributed by atoms with Crippen LogP contribution in [0.1, 0.15) is 6.92 Å². The van der Waals surface area contributed by atoms with Gasteiger partial charge in [0.05, 0.1) is 0 Å². The standard InChI is InChI=1S/C7H10O5/c1-7(12)3(5(7)9)2-4(8)6(10)11/h2,4-5,8-9,12H,1H3,(H,10,11). The number of hydrogen-bond acceptors (Lipinski definition) is 4. The molecular weight excluding hydrogens is 164 g/mol. The van der Waals surface area contributed by atoms with E-state index in [1.54, 1.807) is 0 Å². The molecule has 0 saturated heterocycles. The number of aliphatic hydroxyl groups excluding tert-OH is 2. The van der Waals surface area contributed by atoms with Gasteiger partial charge in [0.2, 0.25) is 0 Å². The number of carboxylic acid groups (broad SMARTS) is 1. The lowest BCUT2D eigenvalue weighted by molar-refractivity contribution is -0.144. The molecule has 0 amide bonds. The summed E-state index contributed by atoms with van der Waals surface area (Å²) in [5.41, 5.74) is -1.21. The Kier molecular flexibility index (Phi) is 1.95. The van der Waals surface area contributed by atoms with Gasteiger partial charge in [-0.15, -0.1) is 0 Å². The molecule has 1 aliphatic rings. The Labute approximate surface area is 68.6 Å². The van der Waals surface area contributed by atoms with Gasteiger partial charge in [-0.25, -0.2) is 4.79 Å².